The lowest BCUT2D eigenvalue weighted by Gasteiger charge is -2.15. The molecule has 0 fully saturated rings. The molecular formula is C8H20FN. The van der Waals surface area contributed by atoms with Crippen LogP contribution >= 0.6 is 0 Å². The van der Waals surface area contributed by atoms with Crippen LogP contribution in [0.5, 0.6) is 0 Å². The molecule has 0 radical (unpaired) electrons. The van der Waals surface area contributed by atoms with Gasteiger partial charge in [0.25, 0.3) is 0 Å². The Hall–Kier alpha value is -0.110. The normalized spacial score (nSPS) is 13.5. The van der Waals surface area contributed by atoms with Crippen molar-refractivity contribution in [3.8, 4) is 0 Å². The van der Waals surface area contributed by atoms with E-state index in [2.05, 4.69) is 0 Å². The molecule has 0 saturated carbocycles. The number of hydrogen-bond acceptors (Lipinski definition) is 1. The summed E-state index contributed by atoms with van der Waals surface area (Å²) in [6.45, 7) is 8.88. The van der Waals surface area contributed by atoms with Crippen LogP contribution < -0.4 is 5.73 Å². The summed E-state index contributed by atoms with van der Waals surface area (Å²) in [7, 11) is 0. The second-order valence-corrected chi connectivity index (χ2v) is 2.90. The summed E-state index contributed by atoms with van der Waals surface area (Å²) >= 11 is 0. The van der Waals surface area contributed by atoms with Gasteiger partial charge in [0, 0.05) is 6.04 Å². The van der Waals surface area contributed by atoms with Gasteiger partial charge in [0.2, 0.25) is 0 Å². The zero-order chi connectivity index (χ0) is 8.78. The van der Waals surface area contributed by atoms with Crippen LogP contribution in [0.15, 0.2) is 0 Å². The van der Waals surface area contributed by atoms with Crippen molar-refractivity contribution in [2.75, 3.05) is 0 Å². The second-order valence-electron chi connectivity index (χ2n) is 2.90. The molecule has 10 heavy (non-hydrogen) atoms. The van der Waals surface area contributed by atoms with Crippen LogP contribution in [-0.4, -0.2) is 11.7 Å². The lowest BCUT2D eigenvalue weighted by molar-refractivity contribution is 0.191. The van der Waals surface area contributed by atoms with Crippen molar-refractivity contribution in [2.24, 2.45) is 5.73 Å². The Kier molecular flexibility index (Phi) is 7.10. The second kappa shape index (κ2) is 5.66. The Bertz CT molecular complexity index is 64.1. The highest BCUT2D eigenvalue weighted by Crippen LogP contribution is 2.14. The average Bonchev–Trinajstić information content (AvgIpc) is 1.64. The lowest BCUT2D eigenvalue weighted by Crippen LogP contribution is -2.25. The largest absolute Gasteiger partial charge is 0.328 e. The molecule has 0 rings (SSSR count). The van der Waals surface area contributed by atoms with Crippen molar-refractivity contribution in [2.45, 2.75) is 52.8 Å². The van der Waals surface area contributed by atoms with Crippen LogP contribution in [0.2, 0.25) is 0 Å². The molecule has 0 aliphatic rings. The van der Waals surface area contributed by atoms with Gasteiger partial charge >= 0.3 is 0 Å². The van der Waals surface area contributed by atoms with Crippen LogP contribution in [0.1, 0.15) is 41.0 Å². The summed E-state index contributed by atoms with van der Waals surface area (Å²) in [5, 5.41) is 0. The van der Waals surface area contributed by atoms with Crippen molar-refractivity contribution < 1.29 is 4.39 Å². The van der Waals surface area contributed by atoms with Crippen LogP contribution in [0, 0.1) is 0 Å². The third-order valence-electron chi connectivity index (χ3n) is 0.807. The van der Waals surface area contributed by atoms with E-state index in [1.807, 2.05) is 13.8 Å². The molecule has 0 saturated heterocycles. The van der Waals surface area contributed by atoms with Gasteiger partial charge in [-0.1, -0.05) is 13.8 Å². The lowest BCUT2D eigenvalue weighted by atomic mass is 10.0. The summed E-state index contributed by atoms with van der Waals surface area (Å²) < 4.78 is 12.6. The highest BCUT2D eigenvalue weighted by molar-refractivity contribution is 4.70. The van der Waals surface area contributed by atoms with Gasteiger partial charge in [-0.15, -0.1) is 0 Å². The van der Waals surface area contributed by atoms with E-state index in [1.54, 1.807) is 6.92 Å². The Morgan fingerprint density at radius 1 is 1.40 bits per heavy atom. The molecule has 2 N–H and O–H groups in total. The maximum Gasteiger partial charge on any atom is 0.107 e. The number of halogens is 1. The molecule has 1 unspecified atom stereocenters. The molecule has 1 atom stereocenters. The van der Waals surface area contributed by atoms with Gasteiger partial charge in [-0.05, 0) is 27.2 Å². The first-order valence-electron chi connectivity index (χ1n) is 3.86. The standard InChI is InChI=1S/C6H14FN.C2H6/c1-5(8)4-6(2,3)7;1-2/h5H,4,8H2,1-3H3;1-2H3. The van der Waals surface area contributed by atoms with E-state index in [-0.39, 0.29) is 6.04 Å². The summed E-state index contributed by atoms with van der Waals surface area (Å²) in [4.78, 5) is 0. The van der Waals surface area contributed by atoms with Gasteiger partial charge in [-0.25, -0.2) is 4.39 Å². The van der Waals surface area contributed by atoms with Crippen molar-refractivity contribution in [3.05, 3.63) is 0 Å². The smallest absolute Gasteiger partial charge is 0.107 e. The number of rotatable bonds is 2. The molecule has 0 aliphatic carbocycles. The third kappa shape index (κ3) is 15.7. The topological polar surface area (TPSA) is 26.0 Å². The molecule has 64 valence electrons. The fourth-order valence-electron chi connectivity index (χ4n) is 0.766. The Morgan fingerprint density at radius 3 is 1.70 bits per heavy atom. The zero-order valence-corrected chi connectivity index (χ0v) is 7.74. The molecule has 0 heterocycles. The summed E-state index contributed by atoms with van der Waals surface area (Å²) in [6.07, 6.45) is 0.438. The van der Waals surface area contributed by atoms with E-state index < -0.39 is 5.67 Å². The third-order valence-corrected chi connectivity index (χ3v) is 0.807. The highest BCUT2D eigenvalue weighted by Gasteiger charge is 2.16. The number of alkyl halides is 1. The minimum absolute atomic E-state index is 0.0324. The quantitative estimate of drug-likeness (QED) is 0.641. The molecule has 2 heteroatoms. The molecule has 0 aliphatic heterocycles. The van der Waals surface area contributed by atoms with Gasteiger partial charge in [0.15, 0.2) is 0 Å². The fraction of sp³-hybridized carbons (Fsp3) is 1.00. The Labute approximate surface area is 63.8 Å². The first kappa shape index (κ1) is 12.6. The minimum Gasteiger partial charge on any atom is -0.328 e. The van der Waals surface area contributed by atoms with Crippen molar-refractivity contribution in [1.82, 2.24) is 0 Å². The molecule has 0 bridgehead atoms. The first-order chi connectivity index (χ1) is 4.42. The van der Waals surface area contributed by atoms with E-state index in [4.69, 9.17) is 5.73 Å². The summed E-state index contributed by atoms with van der Waals surface area (Å²) in [6, 6.07) is -0.0324. The van der Waals surface area contributed by atoms with Crippen LogP contribution in [0.3, 0.4) is 0 Å². The predicted molar refractivity (Wildman–Crippen MR) is 44.8 cm³/mol. The van der Waals surface area contributed by atoms with E-state index in [1.165, 1.54) is 13.8 Å². The Morgan fingerprint density at radius 2 is 1.70 bits per heavy atom. The first-order valence-corrected chi connectivity index (χ1v) is 3.86. The van der Waals surface area contributed by atoms with Gasteiger partial charge in [0.1, 0.15) is 5.67 Å². The minimum atomic E-state index is -1.10. The van der Waals surface area contributed by atoms with Crippen molar-refractivity contribution in [1.29, 1.82) is 0 Å². The number of nitrogens with two attached hydrogens (primary N) is 1. The molecular weight excluding hydrogens is 129 g/mol. The maximum absolute atomic E-state index is 12.6. The van der Waals surface area contributed by atoms with Crippen molar-refractivity contribution >= 4 is 0 Å². The Balaban J connectivity index is 0. The van der Waals surface area contributed by atoms with Gasteiger partial charge in [-0.3, -0.25) is 0 Å². The molecule has 0 amide bonds. The predicted octanol–water partition coefficient (Wildman–Crippen LogP) is 2.50. The molecule has 0 spiro atoms. The van der Waals surface area contributed by atoms with Crippen molar-refractivity contribution in [3.63, 3.8) is 0 Å². The van der Waals surface area contributed by atoms with Gasteiger partial charge in [0.05, 0.1) is 0 Å². The fourth-order valence-corrected chi connectivity index (χ4v) is 0.766. The maximum atomic E-state index is 12.6. The van der Waals surface area contributed by atoms with Crippen LogP contribution in [-0.2, 0) is 0 Å². The van der Waals surface area contributed by atoms with Gasteiger partial charge in [-0.2, -0.15) is 0 Å². The number of hydrogen-bond donors (Lipinski definition) is 1. The molecule has 1 nitrogen and oxygen atoms in total. The van der Waals surface area contributed by atoms with E-state index in [0.29, 0.717) is 6.42 Å². The van der Waals surface area contributed by atoms with Crippen LogP contribution in [0.25, 0.3) is 0 Å². The highest BCUT2D eigenvalue weighted by atomic mass is 19.1. The van der Waals surface area contributed by atoms with Crippen LogP contribution in [0.4, 0.5) is 4.39 Å². The molecule has 0 aromatic carbocycles. The van der Waals surface area contributed by atoms with Gasteiger partial charge < -0.3 is 5.73 Å². The molecule has 0 aromatic rings. The van der Waals surface area contributed by atoms with E-state index >= 15 is 0 Å². The summed E-state index contributed by atoms with van der Waals surface area (Å²) in [5.41, 5.74) is 4.24. The monoisotopic (exact) mass is 149 g/mol. The zero-order valence-electron chi connectivity index (χ0n) is 7.74. The van der Waals surface area contributed by atoms with E-state index in [0.717, 1.165) is 0 Å². The molecule has 0 aromatic heterocycles. The average molecular weight is 149 g/mol. The SMILES string of the molecule is CC.CC(N)CC(C)(C)F. The summed E-state index contributed by atoms with van der Waals surface area (Å²) in [5.74, 6) is 0. The van der Waals surface area contributed by atoms with E-state index in [9.17, 15) is 4.39 Å².